The highest BCUT2D eigenvalue weighted by Crippen LogP contribution is 2.32. The van der Waals surface area contributed by atoms with E-state index in [0.29, 0.717) is 19.3 Å². The minimum Gasteiger partial charge on any atom is -0.480 e. The molecule has 1 atom stereocenters. The molecule has 1 aliphatic heterocycles. The minimum absolute atomic E-state index is 0.347. The molecule has 1 unspecified atom stereocenters. The fourth-order valence-corrected chi connectivity index (χ4v) is 2.40. The zero-order valence-electron chi connectivity index (χ0n) is 8.48. The van der Waals surface area contributed by atoms with Gasteiger partial charge in [0.05, 0.1) is 13.2 Å². The van der Waals surface area contributed by atoms with Crippen molar-refractivity contribution >= 4 is 5.97 Å². The Morgan fingerprint density at radius 2 is 2.21 bits per heavy atom. The van der Waals surface area contributed by atoms with Gasteiger partial charge in [-0.2, -0.15) is 0 Å². The molecule has 4 nitrogen and oxygen atoms in total. The molecule has 0 amide bonds. The zero-order chi connectivity index (χ0) is 10.1. The quantitative estimate of drug-likeness (QED) is 0.706. The van der Waals surface area contributed by atoms with E-state index in [9.17, 15) is 4.79 Å². The monoisotopic (exact) mass is 199 g/mol. The molecule has 80 valence electrons. The first-order valence-corrected chi connectivity index (χ1v) is 5.24. The molecule has 2 aliphatic rings. The first kappa shape index (κ1) is 9.93. The molecule has 4 heteroatoms. The Labute approximate surface area is 83.8 Å². The molecule has 1 heterocycles. The van der Waals surface area contributed by atoms with Crippen LogP contribution >= 0.6 is 0 Å². The van der Waals surface area contributed by atoms with Crippen LogP contribution in [0.25, 0.3) is 0 Å². The molecule has 1 saturated carbocycles. The summed E-state index contributed by atoms with van der Waals surface area (Å²) in [6.45, 7) is 4.01. The maximum absolute atomic E-state index is 11.0. The van der Waals surface area contributed by atoms with E-state index in [1.807, 2.05) is 0 Å². The molecule has 1 aliphatic carbocycles. The summed E-state index contributed by atoms with van der Waals surface area (Å²) in [7, 11) is 0. The largest absolute Gasteiger partial charge is 0.480 e. The van der Waals surface area contributed by atoms with Crippen LogP contribution in [0.2, 0.25) is 0 Å². The molecule has 2 fully saturated rings. The van der Waals surface area contributed by atoms with Crippen LogP contribution in [0, 0.1) is 5.92 Å². The third-order valence-corrected chi connectivity index (χ3v) is 3.27. The number of aliphatic carboxylic acids is 1. The van der Waals surface area contributed by atoms with E-state index in [2.05, 4.69) is 11.8 Å². The number of morpholine rings is 1. The summed E-state index contributed by atoms with van der Waals surface area (Å²) < 4.78 is 5.20. The van der Waals surface area contributed by atoms with Crippen LogP contribution in [0.5, 0.6) is 0 Å². The van der Waals surface area contributed by atoms with Crippen molar-refractivity contribution < 1.29 is 14.6 Å². The average molecular weight is 199 g/mol. The van der Waals surface area contributed by atoms with Crippen LogP contribution in [0.4, 0.5) is 0 Å². The maximum Gasteiger partial charge on any atom is 0.323 e. The number of carbonyl (C=O) groups is 1. The van der Waals surface area contributed by atoms with E-state index in [0.717, 1.165) is 25.3 Å². The number of hydrogen-bond acceptors (Lipinski definition) is 3. The average Bonchev–Trinajstić information content (AvgIpc) is 2.13. The van der Waals surface area contributed by atoms with E-state index in [4.69, 9.17) is 9.84 Å². The summed E-state index contributed by atoms with van der Waals surface area (Å²) in [5.74, 6) is 0.0153. The number of carboxylic acids is 1. The number of ether oxygens (including phenoxy) is 1. The van der Waals surface area contributed by atoms with Gasteiger partial charge in [0.15, 0.2) is 0 Å². The van der Waals surface area contributed by atoms with Gasteiger partial charge in [-0.1, -0.05) is 6.92 Å². The zero-order valence-corrected chi connectivity index (χ0v) is 8.48. The minimum atomic E-state index is -0.746. The molecular weight excluding hydrogens is 182 g/mol. The predicted molar refractivity (Wildman–Crippen MR) is 51.1 cm³/mol. The number of carboxylic acid groups (broad SMARTS) is 1. The van der Waals surface area contributed by atoms with Crippen molar-refractivity contribution in [3.8, 4) is 0 Å². The van der Waals surface area contributed by atoms with Crippen molar-refractivity contribution in [2.75, 3.05) is 19.8 Å². The van der Waals surface area contributed by atoms with Gasteiger partial charge in [0.1, 0.15) is 6.04 Å². The lowest BCUT2D eigenvalue weighted by atomic mass is 9.80. The Kier molecular flexibility index (Phi) is 2.74. The molecule has 1 N–H and O–H groups in total. The summed E-state index contributed by atoms with van der Waals surface area (Å²) >= 11 is 0. The van der Waals surface area contributed by atoms with Gasteiger partial charge in [-0.15, -0.1) is 0 Å². The van der Waals surface area contributed by atoms with Crippen LogP contribution in [-0.4, -0.2) is 47.8 Å². The Morgan fingerprint density at radius 3 is 2.79 bits per heavy atom. The van der Waals surface area contributed by atoms with Crippen molar-refractivity contribution in [3.63, 3.8) is 0 Å². The molecule has 0 aromatic rings. The van der Waals surface area contributed by atoms with Gasteiger partial charge in [-0.25, -0.2) is 0 Å². The Bertz CT molecular complexity index is 225. The van der Waals surface area contributed by atoms with E-state index in [-0.39, 0.29) is 0 Å². The molecule has 0 bridgehead atoms. The molecule has 1 saturated heterocycles. The van der Waals surface area contributed by atoms with E-state index < -0.39 is 12.0 Å². The normalized spacial score (nSPS) is 39.1. The van der Waals surface area contributed by atoms with Gasteiger partial charge in [0, 0.05) is 12.6 Å². The fourth-order valence-electron chi connectivity index (χ4n) is 2.40. The van der Waals surface area contributed by atoms with Gasteiger partial charge >= 0.3 is 5.97 Å². The second-order valence-corrected chi connectivity index (χ2v) is 4.40. The van der Waals surface area contributed by atoms with E-state index >= 15 is 0 Å². The number of nitrogens with zero attached hydrogens (tertiary/aromatic N) is 1. The lowest BCUT2D eigenvalue weighted by molar-refractivity contribution is -0.154. The summed E-state index contributed by atoms with van der Waals surface area (Å²) in [6.07, 6.45) is 2.29. The smallest absolute Gasteiger partial charge is 0.323 e. The molecule has 0 aromatic heterocycles. The molecular formula is C10H17NO3. The Hall–Kier alpha value is -0.610. The second kappa shape index (κ2) is 3.87. The Morgan fingerprint density at radius 1 is 1.50 bits per heavy atom. The lowest BCUT2D eigenvalue weighted by Gasteiger charge is -2.45. The van der Waals surface area contributed by atoms with Gasteiger partial charge < -0.3 is 9.84 Å². The maximum atomic E-state index is 11.0. The van der Waals surface area contributed by atoms with Crippen molar-refractivity contribution in [2.45, 2.75) is 31.8 Å². The van der Waals surface area contributed by atoms with Crippen LogP contribution in [-0.2, 0) is 9.53 Å². The third-order valence-electron chi connectivity index (χ3n) is 3.27. The standard InChI is InChI=1S/C10H17NO3/c1-7-4-8(5-7)11-2-3-14-6-9(11)10(12)13/h7-9H,2-6H2,1H3,(H,12,13). The SMILES string of the molecule is CC1CC(N2CCOCC2C(=O)O)C1. The molecule has 2 rings (SSSR count). The van der Waals surface area contributed by atoms with Crippen molar-refractivity contribution in [1.29, 1.82) is 0 Å². The van der Waals surface area contributed by atoms with Gasteiger partial charge in [0.2, 0.25) is 0 Å². The predicted octanol–water partition coefficient (Wildman–Crippen LogP) is 0.570. The summed E-state index contributed by atoms with van der Waals surface area (Å²) in [4.78, 5) is 13.1. The number of hydrogen-bond donors (Lipinski definition) is 1. The van der Waals surface area contributed by atoms with Gasteiger partial charge in [0.25, 0.3) is 0 Å². The number of rotatable bonds is 2. The fraction of sp³-hybridized carbons (Fsp3) is 0.900. The third kappa shape index (κ3) is 1.77. The van der Waals surface area contributed by atoms with Gasteiger partial charge in [-0.3, -0.25) is 9.69 Å². The second-order valence-electron chi connectivity index (χ2n) is 4.40. The first-order chi connectivity index (χ1) is 6.68. The molecule has 0 radical (unpaired) electrons. The van der Waals surface area contributed by atoms with Crippen LogP contribution in [0.3, 0.4) is 0 Å². The highest BCUT2D eigenvalue weighted by atomic mass is 16.5. The van der Waals surface area contributed by atoms with Crippen LogP contribution < -0.4 is 0 Å². The molecule has 14 heavy (non-hydrogen) atoms. The van der Waals surface area contributed by atoms with Crippen LogP contribution in [0.1, 0.15) is 19.8 Å². The van der Waals surface area contributed by atoms with Gasteiger partial charge in [-0.05, 0) is 18.8 Å². The molecule has 0 spiro atoms. The van der Waals surface area contributed by atoms with Crippen molar-refractivity contribution in [1.82, 2.24) is 4.90 Å². The topological polar surface area (TPSA) is 49.8 Å². The summed E-state index contributed by atoms with van der Waals surface area (Å²) in [6, 6.07) is 0.0660. The van der Waals surface area contributed by atoms with Crippen LogP contribution in [0.15, 0.2) is 0 Å². The summed E-state index contributed by atoms with van der Waals surface area (Å²) in [5, 5.41) is 9.02. The molecule has 0 aromatic carbocycles. The summed E-state index contributed by atoms with van der Waals surface area (Å²) in [5.41, 5.74) is 0. The highest BCUT2D eigenvalue weighted by Gasteiger charge is 2.39. The first-order valence-electron chi connectivity index (χ1n) is 5.24. The highest BCUT2D eigenvalue weighted by molar-refractivity contribution is 5.73. The lowest BCUT2D eigenvalue weighted by Crippen LogP contribution is -2.57. The van der Waals surface area contributed by atoms with Crippen molar-refractivity contribution in [2.24, 2.45) is 5.92 Å². The van der Waals surface area contributed by atoms with E-state index in [1.165, 1.54) is 0 Å². The Balaban J connectivity index is 1.96. The van der Waals surface area contributed by atoms with Crippen molar-refractivity contribution in [3.05, 3.63) is 0 Å². The van der Waals surface area contributed by atoms with E-state index in [1.54, 1.807) is 0 Å².